The van der Waals surface area contributed by atoms with Crippen LogP contribution < -0.4 is 5.32 Å². The van der Waals surface area contributed by atoms with Gasteiger partial charge in [0.15, 0.2) is 0 Å². The lowest BCUT2D eigenvalue weighted by Crippen LogP contribution is -2.20. The molecule has 0 atom stereocenters. The van der Waals surface area contributed by atoms with Crippen molar-refractivity contribution >= 4 is 22.5 Å². The van der Waals surface area contributed by atoms with Gasteiger partial charge in [0.25, 0.3) is 0 Å². The van der Waals surface area contributed by atoms with Gasteiger partial charge < -0.3 is 5.32 Å². The number of hydrogen-bond donors (Lipinski definition) is 2. The molecule has 2 aromatic carbocycles. The summed E-state index contributed by atoms with van der Waals surface area (Å²) in [6, 6.07) is 20.9. The number of carbonyl (C=O) groups excluding carboxylic acids is 1. The minimum atomic E-state index is -0.0733. The molecule has 1 aliphatic carbocycles. The van der Waals surface area contributed by atoms with Gasteiger partial charge in [-0.2, -0.15) is 5.10 Å². The highest BCUT2D eigenvalue weighted by Crippen LogP contribution is 2.47. The Morgan fingerprint density at radius 1 is 1.00 bits per heavy atom. The number of anilines is 1. The van der Waals surface area contributed by atoms with Crippen molar-refractivity contribution in [2.24, 2.45) is 0 Å². The van der Waals surface area contributed by atoms with Crippen molar-refractivity contribution in [2.45, 2.75) is 31.1 Å². The maximum Gasteiger partial charge on any atom is 0.229 e. The van der Waals surface area contributed by atoms with Crippen LogP contribution in [-0.2, 0) is 11.2 Å². The Morgan fingerprint density at radius 2 is 1.86 bits per heavy atom. The standard InChI is InChI=1S/C24H22N4O/c29-24(10-16-4-3-9-25-15-16)26-23-14-22(27-28-23)21-12-20(13-21)19-8-7-17-5-1-2-6-18(17)11-19/h1-9,11,14-15,20-21H,10,12-13H2,(H2,26,27,28,29). The second-order valence-corrected chi connectivity index (χ2v) is 7.76. The zero-order chi connectivity index (χ0) is 19.6. The van der Waals surface area contributed by atoms with Crippen LogP contribution in [0.1, 0.15) is 41.5 Å². The topological polar surface area (TPSA) is 70.7 Å². The summed E-state index contributed by atoms with van der Waals surface area (Å²) in [5, 5.41) is 12.9. The summed E-state index contributed by atoms with van der Waals surface area (Å²) < 4.78 is 0. The summed E-state index contributed by atoms with van der Waals surface area (Å²) >= 11 is 0. The predicted octanol–water partition coefficient (Wildman–Crippen LogP) is 4.80. The summed E-state index contributed by atoms with van der Waals surface area (Å²) in [6.07, 6.45) is 5.89. The largest absolute Gasteiger partial charge is 0.311 e. The third-order valence-corrected chi connectivity index (χ3v) is 5.76. The molecule has 0 saturated heterocycles. The van der Waals surface area contributed by atoms with Gasteiger partial charge in [0.05, 0.1) is 12.1 Å². The van der Waals surface area contributed by atoms with Gasteiger partial charge >= 0.3 is 0 Å². The Balaban J connectivity index is 1.19. The van der Waals surface area contributed by atoms with Crippen LogP contribution in [0.4, 0.5) is 5.82 Å². The first-order chi connectivity index (χ1) is 14.2. The van der Waals surface area contributed by atoms with Crippen LogP contribution in [0.15, 0.2) is 73.1 Å². The minimum Gasteiger partial charge on any atom is -0.311 e. The van der Waals surface area contributed by atoms with Crippen LogP contribution in [0, 0.1) is 0 Å². The van der Waals surface area contributed by atoms with Crippen molar-refractivity contribution in [2.75, 3.05) is 5.32 Å². The van der Waals surface area contributed by atoms with E-state index in [4.69, 9.17) is 0 Å². The Bertz CT molecular complexity index is 1150. The number of fused-ring (bicyclic) bond motifs is 1. The van der Waals surface area contributed by atoms with Crippen molar-refractivity contribution < 1.29 is 4.79 Å². The molecule has 0 aliphatic heterocycles. The van der Waals surface area contributed by atoms with Crippen molar-refractivity contribution in [1.82, 2.24) is 15.2 Å². The van der Waals surface area contributed by atoms with Gasteiger partial charge in [-0.15, -0.1) is 0 Å². The molecule has 5 nitrogen and oxygen atoms in total. The molecule has 2 N–H and O–H groups in total. The van der Waals surface area contributed by atoms with E-state index in [-0.39, 0.29) is 5.91 Å². The number of aromatic nitrogens is 3. The van der Waals surface area contributed by atoms with E-state index in [0.717, 1.165) is 24.1 Å². The number of rotatable bonds is 5. The van der Waals surface area contributed by atoms with Gasteiger partial charge in [-0.05, 0) is 46.7 Å². The zero-order valence-electron chi connectivity index (χ0n) is 16.0. The van der Waals surface area contributed by atoms with Crippen molar-refractivity contribution in [3.05, 3.63) is 89.9 Å². The van der Waals surface area contributed by atoms with E-state index in [0.29, 0.717) is 24.1 Å². The highest BCUT2D eigenvalue weighted by Gasteiger charge is 2.33. The number of hydrogen-bond acceptors (Lipinski definition) is 3. The smallest absolute Gasteiger partial charge is 0.229 e. The number of pyridine rings is 1. The molecule has 4 aromatic rings. The molecule has 2 heterocycles. The number of amides is 1. The lowest BCUT2D eigenvalue weighted by molar-refractivity contribution is -0.115. The molecule has 0 spiro atoms. The lowest BCUT2D eigenvalue weighted by Gasteiger charge is -2.34. The van der Waals surface area contributed by atoms with Gasteiger partial charge in [-0.25, -0.2) is 0 Å². The van der Waals surface area contributed by atoms with Gasteiger partial charge in [-0.3, -0.25) is 14.9 Å². The average Bonchev–Trinajstić information content (AvgIpc) is 3.15. The summed E-state index contributed by atoms with van der Waals surface area (Å²) in [4.78, 5) is 16.2. The van der Waals surface area contributed by atoms with Crippen LogP contribution in [0.5, 0.6) is 0 Å². The molecule has 5 rings (SSSR count). The average molecular weight is 382 g/mol. The molecular weight excluding hydrogens is 360 g/mol. The Hall–Kier alpha value is -3.47. The SMILES string of the molecule is O=C(Cc1cccnc1)Nc1cc(C2CC(c3ccc4ccccc4c3)C2)n[nH]1. The first kappa shape index (κ1) is 17.6. The van der Waals surface area contributed by atoms with Crippen LogP contribution in [-0.4, -0.2) is 21.1 Å². The van der Waals surface area contributed by atoms with Crippen LogP contribution >= 0.6 is 0 Å². The molecule has 1 fully saturated rings. The van der Waals surface area contributed by atoms with Crippen LogP contribution in [0.3, 0.4) is 0 Å². The molecule has 0 radical (unpaired) electrons. The molecular formula is C24H22N4O. The van der Waals surface area contributed by atoms with E-state index in [1.165, 1.54) is 16.3 Å². The number of nitrogens with zero attached hydrogens (tertiary/aromatic N) is 2. The molecule has 2 aromatic heterocycles. The fourth-order valence-electron chi connectivity index (χ4n) is 4.09. The molecule has 0 unspecified atom stereocenters. The number of nitrogens with one attached hydrogen (secondary N) is 2. The molecule has 1 amide bonds. The van der Waals surface area contributed by atoms with E-state index in [1.54, 1.807) is 12.4 Å². The minimum absolute atomic E-state index is 0.0733. The first-order valence-corrected chi connectivity index (χ1v) is 9.97. The van der Waals surface area contributed by atoms with Crippen molar-refractivity contribution in [3.8, 4) is 0 Å². The summed E-state index contributed by atoms with van der Waals surface area (Å²) in [5.74, 6) is 1.59. The molecule has 1 saturated carbocycles. The van der Waals surface area contributed by atoms with Crippen molar-refractivity contribution in [3.63, 3.8) is 0 Å². The van der Waals surface area contributed by atoms with Crippen LogP contribution in [0.2, 0.25) is 0 Å². The normalized spacial score (nSPS) is 18.3. The summed E-state index contributed by atoms with van der Waals surface area (Å²) in [5.41, 5.74) is 3.32. The second-order valence-electron chi connectivity index (χ2n) is 7.76. The molecule has 5 heteroatoms. The third-order valence-electron chi connectivity index (χ3n) is 5.76. The predicted molar refractivity (Wildman–Crippen MR) is 114 cm³/mol. The Morgan fingerprint density at radius 3 is 2.69 bits per heavy atom. The summed E-state index contributed by atoms with van der Waals surface area (Å²) in [7, 11) is 0. The van der Waals surface area contributed by atoms with E-state index >= 15 is 0 Å². The highest BCUT2D eigenvalue weighted by molar-refractivity contribution is 5.91. The van der Waals surface area contributed by atoms with E-state index < -0.39 is 0 Å². The van der Waals surface area contributed by atoms with Crippen molar-refractivity contribution in [1.29, 1.82) is 0 Å². The monoisotopic (exact) mass is 382 g/mol. The maximum atomic E-state index is 12.2. The number of benzene rings is 2. The van der Waals surface area contributed by atoms with E-state index in [1.807, 2.05) is 18.2 Å². The van der Waals surface area contributed by atoms with Gasteiger partial charge in [0, 0.05) is 24.4 Å². The van der Waals surface area contributed by atoms with Gasteiger partial charge in [-0.1, -0.05) is 48.5 Å². The molecule has 29 heavy (non-hydrogen) atoms. The fourth-order valence-corrected chi connectivity index (χ4v) is 4.09. The number of carbonyl (C=O) groups is 1. The van der Waals surface area contributed by atoms with E-state index in [2.05, 4.69) is 63.0 Å². The maximum absolute atomic E-state index is 12.2. The molecule has 1 aliphatic rings. The third kappa shape index (κ3) is 3.76. The first-order valence-electron chi connectivity index (χ1n) is 9.97. The Kier molecular flexibility index (Phi) is 4.56. The Labute approximate surface area is 169 Å². The second kappa shape index (κ2) is 7.51. The molecule has 0 bridgehead atoms. The summed E-state index contributed by atoms with van der Waals surface area (Å²) in [6.45, 7) is 0. The number of aromatic amines is 1. The zero-order valence-corrected chi connectivity index (χ0v) is 16.0. The van der Waals surface area contributed by atoms with Gasteiger partial charge in [0.1, 0.15) is 5.82 Å². The quantitative estimate of drug-likeness (QED) is 0.521. The molecule has 144 valence electrons. The fraction of sp³-hybridized carbons (Fsp3) is 0.208. The highest BCUT2D eigenvalue weighted by atomic mass is 16.1. The van der Waals surface area contributed by atoms with Crippen LogP contribution in [0.25, 0.3) is 10.8 Å². The van der Waals surface area contributed by atoms with E-state index in [9.17, 15) is 4.79 Å². The number of H-pyrrole nitrogens is 1. The lowest BCUT2D eigenvalue weighted by atomic mass is 9.70. The van der Waals surface area contributed by atoms with Gasteiger partial charge in [0.2, 0.25) is 5.91 Å².